The van der Waals surface area contributed by atoms with Gasteiger partial charge in [0, 0.05) is 22.6 Å². The van der Waals surface area contributed by atoms with Crippen LogP contribution in [-0.4, -0.2) is 29.3 Å². The van der Waals surface area contributed by atoms with Crippen LogP contribution in [0.1, 0.15) is 16.8 Å². The van der Waals surface area contributed by atoms with Gasteiger partial charge in [0.1, 0.15) is 0 Å². The molecule has 1 unspecified atom stereocenters. The second kappa shape index (κ2) is 4.94. The molecule has 1 atom stereocenters. The number of hydrogen-bond acceptors (Lipinski definition) is 1. The van der Waals surface area contributed by atoms with Crippen molar-refractivity contribution in [1.29, 1.82) is 0 Å². The average molecular weight is 323 g/mol. The zero-order valence-electron chi connectivity index (χ0n) is 8.42. The fraction of sp³-hybridized carbons (Fsp3) is 0.364. The highest BCUT2D eigenvalue weighted by Crippen LogP contribution is 2.25. The van der Waals surface area contributed by atoms with Crippen LogP contribution in [0.4, 0.5) is 0 Å². The number of hydrogen-bond donors (Lipinski definition) is 0. The molecule has 1 aliphatic rings. The lowest BCUT2D eigenvalue weighted by molar-refractivity contribution is 0.0792. The molecular formula is C11H10BrCl2NO. The first-order valence-electron chi connectivity index (χ1n) is 4.96. The summed E-state index contributed by atoms with van der Waals surface area (Å²) in [6.07, 6.45) is 0.860. The van der Waals surface area contributed by atoms with Gasteiger partial charge in [0.25, 0.3) is 5.91 Å². The Labute approximate surface area is 113 Å². The van der Waals surface area contributed by atoms with Gasteiger partial charge in [-0.05, 0) is 40.5 Å². The van der Waals surface area contributed by atoms with Crippen molar-refractivity contribution in [2.45, 2.75) is 11.8 Å². The third-order valence-corrected chi connectivity index (χ3v) is 3.83. The largest absolute Gasteiger partial charge is 0.337 e. The van der Waals surface area contributed by atoms with E-state index in [0.29, 0.717) is 17.1 Å². The summed E-state index contributed by atoms with van der Waals surface area (Å²) in [5.74, 6) is 0.00620. The number of amides is 1. The molecule has 0 aliphatic carbocycles. The highest BCUT2D eigenvalue weighted by Gasteiger charge is 2.26. The Kier molecular flexibility index (Phi) is 3.77. The van der Waals surface area contributed by atoms with Crippen LogP contribution in [0.3, 0.4) is 0 Å². The molecule has 1 aliphatic heterocycles. The Bertz CT molecular complexity index is 424. The van der Waals surface area contributed by atoms with Crippen molar-refractivity contribution >= 4 is 45.0 Å². The van der Waals surface area contributed by atoms with Gasteiger partial charge in [0.05, 0.1) is 10.9 Å². The van der Waals surface area contributed by atoms with Gasteiger partial charge in [0.2, 0.25) is 0 Å². The molecule has 0 aromatic heterocycles. The summed E-state index contributed by atoms with van der Waals surface area (Å²) in [5.41, 5.74) is 0.634. The van der Waals surface area contributed by atoms with E-state index in [-0.39, 0.29) is 11.3 Å². The Hall–Kier alpha value is -0.250. The van der Waals surface area contributed by atoms with Crippen molar-refractivity contribution in [3.8, 4) is 0 Å². The van der Waals surface area contributed by atoms with Crippen molar-refractivity contribution in [1.82, 2.24) is 4.90 Å². The van der Waals surface area contributed by atoms with E-state index in [1.54, 1.807) is 23.1 Å². The van der Waals surface area contributed by atoms with Crippen molar-refractivity contribution < 1.29 is 4.79 Å². The van der Waals surface area contributed by atoms with Gasteiger partial charge in [-0.2, -0.15) is 0 Å². The molecule has 1 fully saturated rings. The molecule has 1 saturated heterocycles. The molecule has 1 heterocycles. The van der Waals surface area contributed by atoms with E-state index in [2.05, 4.69) is 15.9 Å². The van der Waals surface area contributed by atoms with Crippen LogP contribution in [0, 0.1) is 0 Å². The number of alkyl halides is 1. The van der Waals surface area contributed by atoms with E-state index in [4.69, 9.17) is 23.2 Å². The molecule has 16 heavy (non-hydrogen) atoms. The van der Waals surface area contributed by atoms with E-state index in [1.807, 2.05) is 0 Å². The number of nitrogens with zero attached hydrogens (tertiary/aromatic N) is 1. The smallest absolute Gasteiger partial charge is 0.255 e. The van der Waals surface area contributed by atoms with E-state index in [1.165, 1.54) is 0 Å². The Balaban J connectivity index is 2.21. The second-order valence-electron chi connectivity index (χ2n) is 3.76. The lowest BCUT2D eigenvalue weighted by Crippen LogP contribution is -2.29. The van der Waals surface area contributed by atoms with Crippen LogP contribution < -0.4 is 0 Å². The molecule has 0 radical (unpaired) electrons. The number of rotatable bonds is 1. The molecule has 0 bridgehead atoms. The normalized spacial score (nSPS) is 20.2. The minimum absolute atomic E-state index is 0.00620. The molecule has 5 heteroatoms. The third-order valence-electron chi connectivity index (χ3n) is 2.58. The maximum Gasteiger partial charge on any atom is 0.255 e. The maximum absolute atomic E-state index is 12.1. The van der Waals surface area contributed by atoms with Crippen LogP contribution in [-0.2, 0) is 0 Å². The monoisotopic (exact) mass is 321 g/mol. The molecule has 1 amide bonds. The van der Waals surface area contributed by atoms with Gasteiger partial charge < -0.3 is 4.90 Å². The highest BCUT2D eigenvalue weighted by molar-refractivity contribution is 9.10. The van der Waals surface area contributed by atoms with Gasteiger partial charge in [0.15, 0.2) is 0 Å². The molecule has 1 aromatic rings. The van der Waals surface area contributed by atoms with Crippen LogP contribution >= 0.6 is 39.1 Å². The first-order chi connectivity index (χ1) is 7.58. The Morgan fingerprint density at radius 3 is 2.81 bits per heavy atom. The topological polar surface area (TPSA) is 20.3 Å². The molecule has 2 rings (SSSR count). The van der Waals surface area contributed by atoms with E-state index >= 15 is 0 Å². The van der Waals surface area contributed by atoms with Crippen molar-refractivity contribution in [2.75, 3.05) is 13.1 Å². The summed E-state index contributed by atoms with van der Waals surface area (Å²) in [5, 5.41) is 0.690. The number of carbonyl (C=O) groups excluding carboxylic acids is 1. The van der Waals surface area contributed by atoms with Gasteiger partial charge in [-0.25, -0.2) is 0 Å². The fourth-order valence-electron chi connectivity index (χ4n) is 1.74. The maximum atomic E-state index is 12.1. The molecule has 86 valence electrons. The zero-order chi connectivity index (χ0) is 11.7. The number of likely N-dealkylation sites (tertiary alicyclic amines) is 1. The van der Waals surface area contributed by atoms with Crippen molar-refractivity contribution in [3.05, 3.63) is 33.3 Å². The summed E-state index contributed by atoms with van der Waals surface area (Å²) in [6.45, 7) is 1.34. The SMILES string of the molecule is O=C(c1ccc(Cl)cc1Br)N1CCC(Cl)C1. The predicted octanol–water partition coefficient (Wildman–Crippen LogP) is 3.56. The lowest BCUT2D eigenvalue weighted by Gasteiger charge is -2.16. The lowest BCUT2D eigenvalue weighted by atomic mass is 10.2. The van der Waals surface area contributed by atoms with Crippen LogP contribution in [0.15, 0.2) is 22.7 Å². The van der Waals surface area contributed by atoms with Gasteiger partial charge in [-0.15, -0.1) is 11.6 Å². The first kappa shape index (κ1) is 12.2. The second-order valence-corrected chi connectivity index (χ2v) is 5.67. The number of halogens is 3. The average Bonchev–Trinajstić information content (AvgIpc) is 2.64. The minimum atomic E-state index is 0.00620. The third kappa shape index (κ3) is 2.53. The van der Waals surface area contributed by atoms with Gasteiger partial charge in [-0.3, -0.25) is 4.79 Å². The van der Waals surface area contributed by atoms with Gasteiger partial charge in [-0.1, -0.05) is 11.6 Å². The van der Waals surface area contributed by atoms with Crippen molar-refractivity contribution in [2.24, 2.45) is 0 Å². The van der Waals surface area contributed by atoms with Crippen LogP contribution in [0.5, 0.6) is 0 Å². The van der Waals surface area contributed by atoms with E-state index in [0.717, 1.165) is 17.4 Å². The number of benzene rings is 1. The van der Waals surface area contributed by atoms with Crippen molar-refractivity contribution in [3.63, 3.8) is 0 Å². The molecule has 0 saturated carbocycles. The fourth-order valence-corrected chi connectivity index (χ4v) is 2.85. The summed E-state index contributed by atoms with van der Waals surface area (Å²) in [7, 11) is 0. The Morgan fingerprint density at radius 1 is 1.50 bits per heavy atom. The van der Waals surface area contributed by atoms with E-state index < -0.39 is 0 Å². The Morgan fingerprint density at radius 2 is 2.25 bits per heavy atom. The quantitative estimate of drug-likeness (QED) is 0.724. The summed E-state index contributed by atoms with van der Waals surface area (Å²) < 4.78 is 0.725. The first-order valence-corrected chi connectivity index (χ1v) is 6.57. The summed E-state index contributed by atoms with van der Waals surface area (Å²) in [6, 6.07) is 5.17. The van der Waals surface area contributed by atoms with E-state index in [9.17, 15) is 4.79 Å². The molecule has 0 spiro atoms. The van der Waals surface area contributed by atoms with Gasteiger partial charge >= 0.3 is 0 Å². The summed E-state index contributed by atoms with van der Waals surface area (Å²) in [4.78, 5) is 13.9. The predicted molar refractivity (Wildman–Crippen MR) is 69.3 cm³/mol. The number of carbonyl (C=O) groups is 1. The molecule has 1 aromatic carbocycles. The molecule has 2 nitrogen and oxygen atoms in total. The minimum Gasteiger partial charge on any atom is -0.337 e. The van der Waals surface area contributed by atoms with Crippen LogP contribution in [0.25, 0.3) is 0 Å². The highest BCUT2D eigenvalue weighted by atomic mass is 79.9. The summed E-state index contributed by atoms with van der Waals surface area (Å²) >= 11 is 15.2. The standard InChI is InChI=1S/C11H10BrCl2NO/c12-10-5-7(13)1-2-9(10)11(16)15-4-3-8(14)6-15/h1-2,5,8H,3-4,6H2. The molecule has 0 N–H and O–H groups in total. The zero-order valence-corrected chi connectivity index (χ0v) is 11.5. The molecular weight excluding hydrogens is 313 g/mol. The van der Waals surface area contributed by atoms with Crippen LogP contribution in [0.2, 0.25) is 5.02 Å².